The summed E-state index contributed by atoms with van der Waals surface area (Å²) in [5.41, 5.74) is 2.73. The fourth-order valence-electron chi connectivity index (χ4n) is 3.80. The van der Waals surface area contributed by atoms with Crippen molar-refractivity contribution in [2.24, 2.45) is 0 Å². The van der Waals surface area contributed by atoms with Gasteiger partial charge in [-0.3, -0.25) is 0 Å². The van der Waals surface area contributed by atoms with E-state index >= 15 is 0 Å². The van der Waals surface area contributed by atoms with Gasteiger partial charge in [0, 0.05) is 23.9 Å². The zero-order valence-corrected chi connectivity index (χ0v) is 14.3. The number of hydrogen-bond acceptors (Lipinski definition) is 5. The Morgan fingerprint density at radius 3 is 2.64 bits per heavy atom. The molecule has 4 rings (SSSR count). The summed E-state index contributed by atoms with van der Waals surface area (Å²) in [7, 11) is 0. The Morgan fingerprint density at radius 1 is 1.08 bits per heavy atom. The highest BCUT2D eigenvalue weighted by atomic mass is 16.7. The van der Waals surface area contributed by atoms with Crippen LogP contribution >= 0.6 is 0 Å². The first-order valence-corrected chi connectivity index (χ1v) is 8.87. The Balaban J connectivity index is 1.73. The van der Waals surface area contributed by atoms with Crippen molar-refractivity contribution < 1.29 is 19.7 Å². The summed E-state index contributed by atoms with van der Waals surface area (Å²) in [4.78, 5) is 2.04. The van der Waals surface area contributed by atoms with Gasteiger partial charge in [-0.15, -0.1) is 0 Å². The lowest BCUT2D eigenvalue weighted by Gasteiger charge is -2.26. The van der Waals surface area contributed by atoms with Gasteiger partial charge in [0.15, 0.2) is 11.5 Å². The SMILES string of the molecule is CCCCCN1c2ccccc2C(c2cc3c(cc2O)OCO3)C1O. The highest BCUT2D eigenvalue weighted by Crippen LogP contribution is 2.49. The van der Waals surface area contributed by atoms with Gasteiger partial charge in [-0.05, 0) is 24.1 Å². The quantitative estimate of drug-likeness (QED) is 0.814. The Kier molecular flexibility index (Phi) is 4.17. The van der Waals surface area contributed by atoms with Crippen LogP contribution in [-0.4, -0.2) is 29.8 Å². The van der Waals surface area contributed by atoms with Gasteiger partial charge in [0.25, 0.3) is 0 Å². The summed E-state index contributed by atoms with van der Waals surface area (Å²) < 4.78 is 10.8. The largest absolute Gasteiger partial charge is 0.508 e. The van der Waals surface area contributed by atoms with Crippen LogP contribution in [0.5, 0.6) is 17.2 Å². The number of aliphatic hydroxyl groups is 1. The van der Waals surface area contributed by atoms with Gasteiger partial charge in [-0.2, -0.15) is 0 Å². The standard InChI is InChI=1S/C20H23NO4/c1-2-3-6-9-21-15-8-5-4-7-13(15)19(20(21)23)14-10-17-18(11-16(14)22)25-12-24-17/h4-5,7-8,10-11,19-20,22-23H,2-3,6,9,12H2,1H3. The summed E-state index contributed by atoms with van der Waals surface area (Å²) in [5.74, 6) is 0.967. The fourth-order valence-corrected chi connectivity index (χ4v) is 3.80. The molecular formula is C20H23NO4. The lowest BCUT2D eigenvalue weighted by Crippen LogP contribution is -2.35. The minimum Gasteiger partial charge on any atom is -0.508 e. The van der Waals surface area contributed by atoms with Crippen LogP contribution in [0.4, 0.5) is 5.69 Å². The smallest absolute Gasteiger partial charge is 0.231 e. The number of aromatic hydroxyl groups is 1. The molecule has 5 nitrogen and oxygen atoms in total. The van der Waals surface area contributed by atoms with Crippen LogP contribution in [0.2, 0.25) is 0 Å². The minimum absolute atomic E-state index is 0.124. The number of phenolic OH excluding ortho intramolecular Hbond substituents is 1. The number of ether oxygens (including phenoxy) is 2. The minimum atomic E-state index is -0.708. The number of aliphatic hydroxyl groups excluding tert-OH is 1. The Bertz CT molecular complexity index is 776. The average molecular weight is 341 g/mol. The number of unbranched alkanes of at least 4 members (excludes halogenated alkanes) is 2. The van der Waals surface area contributed by atoms with Crippen molar-refractivity contribution >= 4 is 5.69 Å². The molecule has 0 fully saturated rings. The molecule has 2 aromatic rings. The molecule has 2 atom stereocenters. The van der Waals surface area contributed by atoms with Gasteiger partial charge in [-0.25, -0.2) is 0 Å². The number of fused-ring (bicyclic) bond motifs is 2. The van der Waals surface area contributed by atoms with Gasteiger partial charge in [0.2, 0.25) is 6.79 Å². The molecule has 2 unspecified atom stereocenters. The molecule has 0 amide bonds. The highest BCUT2D eigenvalue weighted by molar-refractivity contribution is 5.66. The van der Waals surface area contributed by atoms with Gasteiger partial charge in [0.05, 0.1) is 5.92 Å². The first-order valence-electron chi connectivity index (χ1n) is 8.87. The zero-order valence-electron chi connectivity index (χ0n) is 14.3. The Labute approximate surface area is 147 Å². The molecule has 2 aromatic carbocycles. The third-order valence-corrected chi connectivity index (χ3v) is 5.06. The second kappa shape index (κ2) is 6.48. The van der Waals surface area contributed by atoms with Crippen molar-refractivity contribution in [3.8, 4) is 17.2 Å². The molecule has 0 radical (unpaired) electrons. The molecule has 5 heteroatoms. The van der Waals surface area contributed by atoms with Crippen LogP contribution in [0.25, 0.3) is 0 Å². The van der Waals surface area contributed by atoms with Crippen LogP contribution in [0, 0.1) is 0 Å². The molecule has 2 aliphatic rings. The van der Waals surface area contributed by atoms with Crippen molar-refractivity contribution in [3.63, 3.8) is 0 Å². The molecule has 0 saturated carbocycles. The van der Waals surface area contributed by atoms with Gasteiger partial charge < -0.3 is 24.6 Å². The number of anilines is 1. The number of phenols is 1. The first kappa shape index (κ1) is 16.1. The Hall–Kier alpha value is -2.40. The maximum atomic E-state index is 11.0. The monoisotopic (exact) mass is 341 g/mol. The average Bonchev–Trinajstić information content (AvgIpc) is 3.17. The van der Waals surface area contributed by atoms with Gasteiger partial charge >= 0.3 is 0 Å². The molecular weight excluding hydrogens is 318 g/mol. The number of rotatable bonds is 5. The van der Waals surface area contributed by atoms with Crippen LogP contribution in [0.3, 0.4) is 0 Å². The third kappa shape index (κ3) is 2.68. The van der Waals surface area contributed by atoms with E-state index in [0.29, 0.717) is 17.1 Å². The van der Waals surface area contributed by atoms with E-state index in [1.165, 1.54) is 0 Å². The number of para-hydroxylation sites is 1. The maximum Gasteiger partial charge on any atom is 0.231 e. The lowest BCUT2D eigenvalue weighted by molar-refractivity contribution is 0.160. The molecule has 0 aliphatic carbocycles. The summed E-state index contributed by atoms with van der Waals surface area (Å²) in [6.07, 6.45) is 2.59. The van der Waals surface area contributed by atoms with Crippen molar-refractivity contribution in [2.75, 3.05) is 18.2 Å². The van der Waals surface area contributed by atoms with Crippen molar-refractivity contribution in [2.45, 2.75) is 38.3 Å². The van der Waals surface area contributed by atoms with E-state index in [2.05, 4.69) is 6.92 Å². The molecule has 0 saturated heterocycles. The zero-order chi connectivity index (χ0) is 17.4. The molecule has 0 bridgehead atoms. The van der Waals surface area contributed by atoms with Crippen LogP contribution in [0.15, 0.2) is 36.4 Å². The lowest BCUT2D eigenvalue weighted by atomic mass is 9.91. The molecule has 2 heterocycles. The molecule has 0 spiro atoms. The normalized spacial score (nSPS) is 20.8. The molecule has 132 valence electrons. The van der Waals surface area contributed by atoms with Gasteiger partial charge in [0.1, 0.15) is 12.0 Å². The van der Waals surface area contributed by atoms with Crippen LogP contribution in [-0.2, 0) is 0 Å². The number of nitrogens with zero attached hydrogens (tertiary/aromatic N) is 1. The third-order valence-electron chi connectivity index (χ3n) is 5.06. The van der Waals surface area contributed by atoms with E-state index in [4.69, 9.17) is 9.47 Å². The predicted octanol–water partition coefficient (Wildman–Crippen LogP) is 3.58. The number of benzene rings is 2. The summed E-state index contributed by atoms with van der Waals surface area (Å²) >= 11 is 0. The molecule has 2 aliphatic heterocycles. The van der Waals surface area contributed by atoms with Crippen LogP contribution in [0.1, 0.15) is 43.2 Å². The first-order chi connectivity index (χ1) is 12.2. The molecule has 25 heavy (non-hydrogen) atoms. The van der Waals surface area contributed by atoms with E-state index in [1.54, 1.807) is 12.1 Å². The fraction of sp³-hybridized carbons (Fsp3) is 0.400. The van der Waals surface area contributed by atoms with Gasteiger partial charge in [-0.1, -0.05) is 38.0 Å². The Morgan fingerprint density at radius 2 is 1.84 bits per heavy atom. The van der Waals surface area contributed by atoms with E-state index in [0.717, 1.165) is 37.1 Å². The van der Waals surface area contributed by atoms with Crippen LogP contribution < -0.4 is 14.4 Å². The maximum absolute atomic E-state index is 11.0. The van der Waals surface area contributed by atoms with E-state index in [9.17, 15) is 10.2 Å². The van der Waals surface area contributed by atoms with Crippen molar-refractivity contribution in [1.29, 1.82) is 0 Å². The van der Waals surface area contributed by atoms with Crippen molar-refractivity contribution in [3.05, 3.63) is 47.5 Å². The second-order valence-electron chi connectivity index (χ2n) is 6.61. The predicted molar refractivity (Wildman–Crippen MR) is 95.4 cm³/mol. The van der Waals surface area contributed by atoms with E-state index < -0.39 is 6.23 Å². The van der Waals surface area contributed by atoms with E-state index in [-0.39, 0.29) is 18.5 Å². The van der Waals surface area contributed by atoms with E-state index in [1.807, 2.05) is 29.2 Å². The molecule has 0 aromatic heterocycles. The highest BCUT2D eigenvalue weighted by Gasteiger charge is 2.39. The summed E-state index contributed by atoms with van der Waals surface area (Å²) in [6.45, 7) is 3.13. The second-order valence-corrected chi connectivity index (χ2v) is 6.61. The topological polar surface area (TPSA) is 62.2 Å². The van der Waals surface area contributed by atoms with Crippen molar-refractivity contribution in [1.82, 2.24) is 0 Å². The number of hydrogen-bond donors (Lipinski definition) is 2. The molecule has 2 N–H and O–H groups in total. The summed E-state index contributed by atoms with van der Waals surface area (Å²) in [6, 6.07) is 11.4. The summed E-state index contributed by atoms with van der Waals surface area (Å²) in [5, 5.41) is 21.6.